The van der Waals surface area contributed by atoms with Crippen molar-refractivity contribution in [1.29, 1.82) is 0 Å². The van der Waals surface area contributed by atoms with Crippen LogP contribution >= 0.6 is 27.3 Å². The number of hydrogen-bond acceptors (Lipinski definition) is 2. The number of hydrogen-bond donors (Lipinski definition) is 1. The summed E-state index contributed by atoms with van der Waals surface area (Å²) in [5, 5.41) is 4.98. The highest BCUT2D eigenvalue weighted by Gasteiger charge is 2.11. The third-order valence-corrected chi connectivity index (χ3v) is 4.45. The molecular formula is C14H14BrNOS. The molecule has 0 unspecified atom stereocenters. The summed E-state index contributed by atoms with van der Waals surface area (Å²) in [5.74, 6) is -0.00452. The van der Waals surface area contributed by atoms with E-state index in [0.717, 1.165) is 26.0 Å². The number of halogens is 1. The number of carbonyl (C=O) groups excluding carboxylic acids is 1. The van der Waals surface area contributed by atoms with Gasteiger partial charge in [0.15, 0.2) is 0 Å². The third kappa shape index (κ3) is 3.00. The molecule has 0 fully saturated rings. The lowest BCUT2D eigenvalue weighted by atomic mass is 10.0. The molecule has 2 rings (SSSR count). The second-order valence-corrected chi connectivity index (χ2v) is 6.09. The molecule has 0 radical (unpaired) electrons. The van der Waals surface area contributed by atoms with E-state index in [0.29, 0.717) is 6.54 Å². The molecule has 1 amide bonds. The van der Waals surface area contributed by atoms with Crippen molar-refractivity contribution in [2.45, 2.75) is 20.4 Å². The minimum atomic E-state index is -0.00452. The van der Waals surface area contributed by atoms with E-state index in [-0.39, 0.29) is 5.91 Å². The van der Waals surface area contributed by atoms with Crippen molar-refractivity contribution >= 4 is 33.2 Å². The van der Waals surface area contributed by atoms with E-state index in [1.165, 1.54) is 0 Å². The van der Waals surface area contributed by atoms with Crippen LogP contribution in [-0.4, -0.2) is 5.91 Å². The molecule has 0 aliphatic rings. The summed E-state index contributed by atoms with van der Waals surface area (Å²) in [6.45, 7) is 4.50. The first-order valence-electron chi connectivity index (χ1n) is 5.65. The summed E-state index contributed by atoms with van der Waals surface area (Å²) in [5.41, 5.74) is 2.81. The van der Waals surface area contributed by atoms with Gasteiger partial charge < -0.3 is 5.32 Å². The molecule has 1 heterocycles. The molecule has 1 aromatic carbocycles. The van der Waals surface area contributed by atoms with E-state index in [2.05, 4.69) is 21.2 Å². The molecule has 0 aliphatic carbocycles. The van der Waals surface area contributed by atoms with Crippen LogP contribution < -0.4 is 5.32 Å². The maximum Gasteiger partial charge on any atom is 0.252 e. The molecule has 0 bridgehead atoms. The molecule has 0 saturated heterocycles. The smallest absolute Gasteiger partial charge is 0.252 e. The second-order valence-electron chi connectivity index (χ2n) is 4.18. The quantitative estimate of drug-likeness (QED) is 0.906. The van der Waals surface area contributed by atoms with Crippen molar-refractivity contribution in [2.24, 2.45) is 0 Å². The fourth-order valence-corrected chi connectivity index (χ4v) is 3.27. The average Bonchev–Trinajstić information content (AvgIpc) is 2.72. The lowest BCUT2D eigenvalue weighted by molar-refractivity contribution is 0.0950. The Bertz CT molecular complexity index is 557. The lowest BCUT2D eigenvalue weighted by Crippen LogP contribution is -2.24. The highest BCUT2D eigenvalue weighted by molar-refractivity contribution is 9.10. The van der Waals surface area contributed by atoms with Gasteiger partial charge in [-0.3, -0.25) is 4.79 Å². The number of nitrogens with one attached hydrogen (secondary N) is 1. The Balaban J connectivity index is 2.08. The number of benzene rings is 1. The van der Waals surface area contributed by atoms with E-state index in [1.54, 1.807) is 11.3 Å². The van der Waals surface area contributed by atoms with Gasteiger partial charge in [-0.1, -0.05) is 18.2 Å². The standard InChI is InChI=1S/C14H14BrNOS/c1-9-4-3-5-10(2)13(9)14(17)16-7-12-6-11(15)8-18-12/h3-6,8H,7H2,1-2H3,(H,16,17). The van der Waals surface area contributed by atoms with Crippen LogP contribution in [0.25, 0.3) is 0 Å². The average molecular weight is 324 g/mol. The minimum Gasteiger partial charge on any atom is -0.347 e. The normalized spacial score (nSPS) is 10.4. The van der Waals surface area contributed by atoms with Crippen molar-refractivity contribution in [3.63, 3.8) is 0 Å². The maximum atomic E-state index is 12.1. The fraction of sp³-hybridized carbons (Fsp3) is 0.214. The number of rotatable bonds is 3. The summed E-state index contributed by atoms with van der Waals surface area (Å²) in [6.07, 6.45) is 0. The molecule has 0 saturated carbocycles. The van der Waals surface area contributed by atoms with Crippen molar-refractivity contribution in [3.05, 3.63) is 55.7 Å². The number of thiophene rings is 1. The van der Waals surface area contributed by atoms with Gasteiger partial charge >= 0.3 is 0 Å². The van der Waals surface area contributed by atoms with Crippen LogP contribution in [0, 0.1) is 13.8 Å². The van der Waals surface area contributed by atoms with Crippen LogP contribution in [0.3, 0.4) is 0 Å². The van der Waals surface area contributed by atoms with Crippen LogP contribution in [0.1, 0.15) is 26.4 Å². The molecule has 2 aromatic rings. The lowest BCUT2D eigenvalue weighted by Gasteiger charge is -2.09. The summed E-state index contributed by atoms with van der Waals surface area (Å²) in [7, 11) is 0. The van der Waals surface area contributed by atoms with Gasteiger partial charge in [0.05, 0.1) is 6.54 Å². The third-order valence-electron chi connectivity index (χ3n) is 2.75. The Morgan fingerprint density at radius 2 is 2.00 bits per heavy atom. The predicted molar refractivity (Wildman–Crippen MR) is 79.1 cm³/mol. The second kappa shape index (κ2) is 5.67. The van der Waals surface area contributed by atoms with Crippen LogP contribution in [-0.2, 0) is 6.54 Å². The molecule has 1 aromatic heterocycles. The fourth-order valence-electron chi connectivity index (χ4n) is 1.87. The Morgan fingerprint density at radius 1 is 1.33 bits per heavy atom. The van der Waals surface area contributed by atoms with Crippen LogP contribution in [0.15, 0.2) is 34.1 Å². The maximum absolute atomic E-state index is 12.1. The number of amides is 1. The first-order chi connectivity index (χ1) is 8.58. The monoisotopic (exact) mass is 323 g/mol. The molecular weight excluding hydrogens is 310 g/mol. The number of carbonyl (C=O) groups is 1. The van der Waals surface area contributed by atoms with E-state index in [4.69, 9.17) is 0 Å². The summed E-state index contributed by atoms with van der Waals surface area (Å²) >= 11 is 5.04. The van der Waals surface area contributed by atoms with Gasteiger partial charge in [0.1, 0.15) is 0 Å². The van der Waals surface area contributed by atoms with Crippen molar-refractivity contribution in [2.75, 3.05) is 0 Å². The van der Waals surface area contributed by atoms with Gasteiger partial charge in [-0.25, -0.2) is 0 Å². The number of aryl methyl sites for hydroxylation is 2. The zero-order chi connectivity index (χ0) is 13.1. The first kappa shape index (κ1) is 13.3. The SMILES string of the molecule is Cc1cccc(C)c1C(=O)NCc1cc(Br)cs1. The van der Waals surface area contributed by atoms with Gasteiger partial charge in [0, 0.05) is 20.3 Å². The molecule has 94 valence electrons. The molecule has 1 N–H and O–H groups in total. The zero-order valence-electron chi connectivity index (χ0n) is 10.3. The van der Waals surface area contributed by atoms with Crippen LogP contribution in [0.4, 0.5) is 0 Å². The highest BCUT2D eigenvalue weighted by atomic mass is 79.9. The molecule has 4 heteroatoms. The largest absolute Gasteiger partial charge is 0.347 e. The summed E-state index contributed by atoms with van der Waals surface area (Å²) in [4.78, 5) is 13.3. The van der Waals surface area contributed by atoms with E-state index in [9.17, 15) is 4.79 Å². The van der Waals surface area contributed by atoms with Crippen molar-refractivity contribution in [3.8, 4) is 0 Å². The first-order valence-corrected chi connectivity index (χ1v) is 7.32. The minimum absolute atomic E-state index is 0.00452. The molecule has 0 spiro atoms. The van der Waals surface area contributed by atoms with Crippen LogP contribution in [0.2, 0.25) is 0 Å². The van der Waals surface area contributed by atoms with Gasteiger partial charge in [-0.2, -0.15) is 0 Å². The molecule has 2 nitrogen and oxygen atoms in total. The Morgan fingerprint density at radius 3 is 2.56 bits per heavy atom. The molecule has 18 heavy (non-hydrogen) atoms. The Hall–Kier alpha value is -1.13. The predicted octanol–water partition coefficient (Wildman–Crippen LogP) is 4.06. The topological polar surface area (TPSA) is 29.1 Å². The Labute approximate surface area is 119 Å². The van der Waals surface area contributed by atoms with Crippen molar-refractivity contribution < 1.29 is 4.79 Å². The highest BCUT2D eigenvalue weighted by Crippen LogP contribution is 2.20. The van der Waals surface area contributed by atoms with Gasteiger partial charge in [-0.15, -0.1) is 11.3 Å². The van der Waals surface area contributed by atoms with Crippen molar-refractivity contribution in [1.82, 2.24) is 5.32 Å². The molecule has 0 atom stereocenters. The van der Waals surface area contributed by atoms with E-state index in [1.807, 2.05) is 43.5 Å². The summed E-state index contributed by atoms with van der Waals surface area (Å²) in [6, 6.07) is 7.92. The molecule has 0 aliphatic heterocycles. The van der Waals surface area contributed by atoms with Gasteiger partial charge in [0.25, 0.3) is 5.91 Å². The zero-order valence-corrected chi connectivity index (χ0v) is 12.7. The summed E-state index contributed by atoms with van der Waals surface area (Å²) < 4.78 is 1.06. The van der Waals surface area contributed by atoms with Gasteiger partial charge in [0.2, 0.25) is 0 Å². The van der Waals surface area contributed by atoms with Crippen LogP contribution in [0.5, 0.6) is 0 Å². The van der Waals surface area contributed by atoms with Gasteiger partial charge in [-0.05, 0) is 47.0 Å². The Kier molecular flexibility index (Phi) is 4.19. The van der Waals surface area contributed by atoms with E-state index >= 15 is 0 Å². The van der Waals surface area contributed by atoms with E-state index < -0.39 is 0 Å².